The predicted octanol–water partition coefficient (Wildman–Crippen LogP) is 6.14. The number of benzene rings is 1. The van der Waals surface area contributed by atoms with E-state index in [1.165, 1.54) is 24.0 Å². The van der Waals surface area contributed by atoms with E-state index in [2.05, 4.69) is 49.9 Å². The van der Waals surface area contributed by atoms with Gasteiger partial charge < -0.3 is 9.84 Å². The van der Waals surface area contributed by atoms with Crippen molar-refractivity contribution in [1.82, 2.24) is 0 Å². The average molecular weight is 426 g/mol. The van der Waals surface area contributed by atoms with Gasteiger partial charge in [-0.2, -0.15) is 4.91 Å². The Morgan fingerprint density at radius 3 is 2.61 bits per heavy atom. The number of hydrogen-bond donors (Lipinski definition) is 1. The summed E-state index contributed by atoms with van der Waals surface area (Å²) < 4.78 is 6.36. The highest BCUT2D eigenvalue weighted by Crippen LogP contribution is 2.63. The van der Waals surface area contributed by atoms with E-state index in [1.807, 2.05) is 6.07 Å². The van der Waals surface area contributed by atoms with Crippen molar-refractivity contribution < 1.29 is 9.84 Å². The van der Waals surface area contributed by atoms with Crippen LogP contribution in [0.2, 0.25) is 0 Å². The fourth-order valence-corrected chi connectivity index (χ4v) is 7.40. The van der Waals surface area contributed by atoms with E-state index in [1.54, 1.807) is 0 Å². The molecule has 3 fully saturated rings. The van der Waals surface area contributed by atoms with Gasteiger partial charge in [0.2, 0.25) is 0 Å². The molecule has 0 spiro atoms. The molecule has 4 heteroatoms. The molecule has 0 saturated heterocycles. The maximum absolute atomic E-state index is 11.2. The first-order valence-corrected chi connectivity index (χ1v) is 12.2. The van der Waals surface area contributed by atoms with Gasteiger partial charge in [-0.3, -0.25) is 0 Å². The van der Waals surface area contributed by atoms with Crippen molar-refractivity contribution in [2.75, 3.05) is 13.2 Å². The van der Waals surface area contributed by atoms with Gasteiger partial charge in [0.25, 0.3) is 0 Å². The molecule has 0 amide bonds. The summed E-state index contributed by atoms with van der Waals surface area (Å²) in [5.41, 5.74) is 2.87. The first-order valence-electron chi connectivity index (χ1n) is 12.2. The highest BCUT2D eigenvalue weighted by atomic mass is 16.5. The number of ether oxygens (including phenoxy) is 1. The lowest BCUT2D eigenvalue weighted by atomic mass is 9.49. The minimum atomic E-state index is -0.141. The molecule has 0 aromatic heterocycles. The number of aliphatic hydroxyl groups excluding tert-OH is 1. The SMILES string of the molecule is C=C1CCC2[C@H](COCc3ccccc3)C([C@@]3(C)CC[C@H](N=O)C[C@@H]3CO)CC[C@]12C. The minimum absolute atomic E-state index is 0.0297. The van der Waals surface area contributed by atoms with E-state index >= 15 is 0 Å². The second-order valence-corrected chi connectivity index (χ2v) is 10.9. The summed E-state index contributed by atoms with van der Waals surface area (Å²) in [6.07, 6.45) is 7.19. The van der Waals surface area contributed by atoms with Crippen LogP contribution in [0.15, 0.2) is 47.7 Å². The van der Waals surface area contributed by atoms with Gasteiger partial charge in [0, 0.05) is 6.61 Å². The van der Waals surface area contributed by atoms with E-state index < -0.39 is 0 Å². The fraction of sp³-hybridized carbons (Fsp3) is 0.704. The highest BCUT2D eigenvalue weighted by Gasteiger charge is 2.56. The molecule has 0 bridgehead atoms. The Morgan fingerprint density at radius 2 is 1.90 bits per heavy atom. The summed E-state index contributed by atoms with van der Waals surface area (Å²) in [6.45, 7) is 10.8. The van der Waals surface area contributed by atoms with Crippen LogP contribution >= 0.6 is 0 Å². The topological polar surface area (TPSA) is 58.9 Å². The van der Waals surface area contributed by atoms with E-state index in [-0.39, 0.29) is 29.4 Å². The zero-order chi connectivity index (χ0) is 22.1. The van der Waals surface area contributed by atoms with Gasteiger partial charge in [-0.15, -0.1) is 0 Å². The lowest BCUT2D eigenvalue weighted by Gasteiger charge is -2.56. The molecule has 31 heavy (non-hydrogen) atoms. The van der Waals surface area contributed by atoms with E-state index in [0.717, 1.165) is 38.7 Å². The summed E-state index contributed by atoms with van der Waals surface area (Å²) >= 11 is 0. The number of rotatable bonds is 7. The molecule has 3 aliphatic carbocycles. The molecule has 0 aliphatic heterocycles. The largest absolute Gasteiger partial charge is 0.396 e. The van der Waals surface area contributed by atoms with Crippen molar-refractivity contribution >= 4 is 0 Å². The van der Waals surface area contributed by atoms with Crippen molar-refractivity contribution in [1.29, 1.82) is 0 Å². The molecule has 1 aromatic carbocycles. The first kappa shape index (κ1) is 22.7. The highest BCUT2D eigenvalue weighted by molar-refractivity contribution is 5.21. The van der Waals surface area contributed by atoms with Crippen LogP contribution in [0, 0.1) is 39.4 Å². The maximum atomic E-state index is 11.2. The van der Waals surface area contributed by atoms with Crippen LogP contribution in [-0.4, -0.2) is 24.4 Å². The summed E-state index contributed by atoms with van der Waals surface area (Å²) in [4.78, 5) is 11.2. The Kier molecular flexibility index (Phi) is 6.69. The van der Waals surface area contributed by atoms with Crippen LogP contribution in [0.1, 0.15) is 64.4 Å². The molecular weight excluding hydrogens is 386 g/mol. The molecule has 3 saturated carbocycles. The van der Waals surface area contributed by atoms with Crippen molar-refractivity contribution in [3.05, 3.63) is 53.0 Å². The van der Waals surface area contributed by atoms with Gasteiger partial charge in [-0.05, 0) is 85.0 Å². The molecule has 0 heterocycles. The van der Waals surface area contributed by atoms with Gasteiger partial charge in [0.1, 0.15) is 0 Å². The lowest BCUT2D eigenvalue weighted by molar-refractivity contribution is -0.0995. The number of hydrogen-bond acceptors (Lipinski definition) is 4. The number of allylic oxidation sites excluding steroid dienone is 1. The molecule has 170 valence electrons. The number of fused-ring (bicyclic) bond motifs is 1. The van der Waals surface area contributed by atoms with Crippen molar-refractivity contribution in [2.45, 2.75) is 71.4 Å². The van der Waals surface area contributed by atoms with Crippen molar-refractivity contribution in [3.8, 4) is 0 Å². The fourth-order valence-electron chi connectivity index (χ4n) is 7.40. The van der Waals surface area contributed by atoms with Crippen LogP contribution in [0.25, 0.3) is 0 Å². The predicted molar refractivity (Wildman–Crippen MR) is 124 cm³/mol. The average Bonchev–Trinajstić information content (AvgIpc) is 3.09. The monoisotopic (exact) mass is 425 g/mol. The standard InChI is InChI=1S/C27H39NO3/c1-19-9-10-24-23(18-31-17-20-7-5-4-6-8-20)25(12-14-26(19,24)2)27(3)13-11-22(28-30)15-21(27)16-29/h4-8,21-25,29H,1,9-18H2,2-3H3/t21-,22+,23+,24?,25?,26-,27+/m1/s1. The third kappa shape index (κ3) is 4.14. The maximum Gasteiger partial charge on any atom is 0.0923 e. The first-order chi connectivity index (χ1) is 14.9. The third-order valence-electron chi connectivity index (χ3n) is 9.54. The van der Waals surface area contributed by atoms with Gasteiger partial charge in [0.15, 0.2) is 0 Å². The molecule has 7 atom stereocenters. The second-order valence-electron chi connectivity index (χ2n) is 10.9. The van der Waals surface area contributed by atoms with Gasteiger partial charge in [-0.1, -0.05) is 61.5 Å². The quantitative estimate of drug-likeness (QED) is 0.422. The Balaban J connectivity index is 1.57. The van der Waals surface area contributed by atoms with Gasteiger partial charge in [-0.25, -0.2) is 0 Å². The van der Waals surface area contributed by atoms with E-state index in [9.17, 15) is 10.0 Å². The van der Waals surface area contributed by atoms with Crippen molar-refractivity contribution in [3.63, 3.8) is 0 Å². The molecule has 2 unspecified atom stereocenters. The molecule has 4 rings (SSSR count). The Morgan fingerprint density at radius 1 is 1.13 bits per heavy atom. The molecular formula is C27H39NO3. The Bertz CT molecular complexity index is 780. The zero-order valence-corrected chi connectivity index (χ0v) is 19.3. The number of aliphatic hydroxyl groups is 1. The van der Waals surface area contributed by atoms with Gasteiger partial charge >= 0.3 is 0 Å². The molecule has 0 radical (unpaired) electrons. The van der Waals surface area contributed by atoms with Crippen LogP contribution in [0.3, 0.4) is 0 Å². The van der Waals surface area contributed by atoms with Crippen LogP contribution < -0.4 is 0 Å². The smallest absolute Gasteiger partial charge is 0.0923 e. The van der Waals surface area contributed by atoms with Crippen LogP contribution in [-0.2, 0) is 11.3 Å². The van der Waals surface area contributed by atoms with E-state index in [4.69, 9.17) is 4.74 Å². The molecule has 4 nitrogen and oxygen atoms in total. The van der Waals surface area contributed by atoms with Crippen LogP contribution in [0.4, 0.5) is 0 Å². The third-order valence-corrected chi connectivity index (χ3v) is 9.54. The van der Waals surface area contributed by atoms with Crippen molar-refractivity contribution in [2.24, 2.45) is 39.7 Å². The summed E-state index contributed by atoms with van der Waals surface area (Å²) in [7, 11) is 0. The Hall–Kier alpha value is -1.52. The minimum Gasteiger partial charge on any atom is -0.396 e. The Labute approximate surface area is 187 Å². The lowest BCUT2D eigenvalue weighted by Crippen LogP contribution is -2.52. The molecule has 1 aromatic rings. The summed E-state index contributed by atoms with van der Waals surface area (Å²) in [5.74, 6) is 1.69. The van der Waals surface area contributed by atoms with Crippen LogP contribution in [0.5, 0.6) is 0 Å². The summed E-state index contributed by atoms with van der Waals surface area (Å²) in [5, 5.41) is 13.6. The number of nitroso groups, excluding NO2 is 1. The normalized spacial score (nSPS) is 40.5. The van der Waals surface area contributed by atoms with Gasteiger partial charge in [0.05, 0.1) is 19.3 Å². The second kappa shape index (κ2) is 9.15. The zero-order valence-electron chi connectivity index (χ0n) is 19.3. The number of nitrogens with zero attached hydrogens (tertiary/aromatic N) is 1. The van der Waals surface area contributed by atoms with E-state index in [0.29, 0.717) is 24.4 Å². The summed E-state index contributed by atoms with van der Waals surface area (Å²) in [6, 6.07) is 10.3. The molecule has 3 aliphatic rings. The molecule has 1 N–H and O–H groups in total.